The molecule has 2 amide bonds. The summed E-state index contributed by atoms with van der Waals surface area (Å²) in [6.07, 6.45) is -3.79. The molecule has 30 heavy (non-hydrogen) atoms. The van der Waals surface area contributed by atoms with Gasteiger partial charge in [-0.25, -0.2) is 4.79 Å². The quantitative estimate of drug-likeness (QED) is 0.525. The molecule has 13 heteroatoms. The first-order valence-corrected chi connectivity index (χ1v) is 10.1. The average Bonchev–Trinajstić information content (AvgIpc) is 3.16. The van der Waals surface area contributed by atoms with Gasteiger partial charge in [-0.3, -0.25) is 0 Å². The second-order valence-corrected chi connectivity index (χ2v) is 7.75. The Labute approximate surface area is 176 Å². The molecule has 9 nitrogen and oxygen atoms in total. The largest absolute Gasteiger partial charge is 0.411 e. The van der Waals surface area contributed by atoms with Gasteiger partial charge in [-0.15, -0.1) is 11.8 Å². The third kappa shape index (κ3) is 7.44. The zero-order valence-electron chi connectivity index (χ0n) is 16.7. The molecular weight excluding hydrogens is 425 g/mol. The number of halogens is 3. The summed E-state index contributed by atoms with van der Waals surface area (Å²) in [6, 6.07) is -0.0832. The number of ether oxygens (including phenoxy) is 1. The maximum absolute atomic E-state index is 12.2. The van der Waals surface area contributed by atoms with Crippen LogP contribution in [-0.2, 0) is 4.74 Å². The number of urea groups is 1. The molecule has 168 valence electrons. The Kier molecular flexibility index (Phi) is 8.41. The van der Waals surface area contributed by atoms with Crippen LogP contribution in [0.3, 0.4) is 0 Å². The molecule has 0 saturated carbocycles. The van der Waals surface area contributed by atoms with E-state index in [-0.39, 0.29) is 24.5 Å². The highest BCUT2D eigenvalue weighted by atomic mass is 32.2. The van der Waals surface area contributed by atoms with Gasteiger partial charge in [-0.2, -0.15) is 18.2 Å². The summed E-state index contributed by atoms with van der Waals surface area (Å²) in [7, 11) is 1.51. The third-order valence-corrected chi connectivity index (χ3v) is 5.29. The first kappa shape index (κ1) is 23.9. The van der Waals surface area contributed by atoms with E-state index < -0.39 is 18.7 Å². The number of aromatic nitrogens is 2. The van der Waals surface area contributed by atoms with E-state index in [4.69, 9.17) is 10.3 Å². The lowest BCUT2D eigenvalue weighted by molar-refractivity contribution is -0.174. The summed E-state index contributed by atoms with van der Waals surface area (Å²) < 4.78 is 46.5. The van der Waals surface area contributed by atoms with Crippen molar-refractivity contribution in [3.05, 3.63) is 28.7 Å². The molecule has 0 spiro atoms. The molecule has 1 atom stereocenters. The van der Waals surface area contributed by atoms with E-state index in [0.29, 0.717) is 31.0 Å². The summed E-state index contributed by atoms with van der Waals surface area (Å²) in [5, 5.41) is 8.90. The lowest BCUT2D eigenvalue weighted by Crippen LogP contribution is -2.34. The van der Waals surface area contributed by atoms with E-state index in [9.17, 15) is 18.0 Å². The van der Waals surface area contributed by atoms with Crippen molar-refractivity contribution in [2.75, 3.05) is 44.0 Å². The summed E-state index contributed by atoms with van der Waals surface area (Å²) in [5.41, 5.74) is 7.37. The van der Waals surface area contributed by atoms with Gasteiger partial charge in [-0.1, -0.05) is 18.7 Å². The van der Waals surface area contributed by atoms with Crippen LogP contribution in [0.4, 0.5) is 24.0 Å². The van der Waals surface area contributed by atoms with Gasteiger partial charge in [0.05, 0.1) is 13.2 Å². The zero-order valence-corrected chi connectivity index (χ0v) is 17.5. The first-order valence-electron chi connectivity index (χ1n) is 9.09. The minimum Gasteiger partial charge on any atom is -0.401 e. The van der Waals surface area contributed by atoms with E-state index in [1.807, 2.05) is 4.90 Å². The van der Waals surface area contributed by atoms with Gasteiger partial charge in [0.15, 0.2) is 5.82 Å². The van der Waals surface area contributed by atoms with Crippen LogP contribution in [0.2, 0.25) is 0 Å². The van der Waals surface area contributed by atoms with Crippen molar-refractivity contribution in [2.45, 2.75) is 25.4 Å². The van der Waals surface area contributed by atoms with Crippen LogP contribution in [0.5, 0.6) is 0 Å². The van der Waals surface area contributed by atoms with Gasteiger partial charge in [0.25, 0.3) is 0 Å². The van der Waals surface area contributed by atoms with Crippen molar-refractivity contribution in [2.24, 2.45) is 5.73 Å². The predicted octanol–water partition coefficient (Wildman–Crippen LogP) is 2.31. The van der Waals surface area contributed by atoms with Gasteiger partial charge in [0.2, 0.25) is 0 Å². The minimum atomic E-state index is -4.38. The summed E-state index contributed by atoms with van der Waals surface area (Å²) in [4.78, 5) is 18.3. The molecule has 1 aliphatic heterocycles. The second-order valence-electron chi connectivity index (χ2n) is 6.68. The van der Waals surface area contributed by atoms with Gasteiger partial charge < -0.3 is 30.5 Å². The number of nitrogens with two attached hydrogens (primary N) is 1. The van der Waals surface area contributed by atoms with E-state index in [1.165, 1.54) is 18.8 Å². The Balaban J connectivity index is 1.90. The van der Waals surface area contributed by atoms with Crippen LogP contribution in [0.25, 0.3) is 0 Å². The molecule has 4 N–H and O–H groups in total. The highest BCUT2D eigenvalue weighted by Gasteiger charge is 2.28. The van der Waals surface area contributed by atoms with Gasteiger partial charge in [-0.05, 0) is 0 Å². The van der Waals surface area contributed by atoms with Crippen molar-refractivity contribution in [1.82, 2.24) is 20.8 Å². The van der Waals surface area contributed by atoms with Crippen LogP contribution >= 0.6 is 11.8 Å². The molecule has 0 aromatic carbocycles. The number of amides is 2. The number of nitrogens with zero attached hydrogens (tertiary/aromatic N) is 3. The molecule has 0 fully saturated rings. The van der Waals surface area contributed by atoms with E-state index >= 15 is 0 Å². The molecule has 0 bridgehead atoms. The van der Waals surface area contributed by atoms with Crippen LogP contribution in [0.1, 0.15) is 25.1 Å². The van der Waals surface area contributed by atoms with E-state index in [2.05, 4.69) is 32.1 Å². The highest BCUT2D eigenvalue weighted by Crippen LogP contribution is 2.29. The van der Waals surface area contributed by atoms with E-state index in [1.54, 1.807) is 6.92 Å². The van der Waals surface area contributed by atoms with Crippen LogP contribution in [0.15, 0.2) is 27.4 Å². The van der Waals surface area contributed by atoms with Crippen molar-refractivity contribution in [3.8, 4) is 0 Å². The number of alkyl halides is 3. The Bertz CT molecular complexity index is 783. The molecule has 2 rings (SSSR count). The number of rotatable bonds is 9. The number of hydrogen-bond acceptors (Lipinski definition) is 8. The molecular formula is C17H25F3N6O3S. The summed E-state index contributed by atoms with van der Waals surface area (Å²) in [6.45, 7) is 4.96. The molecule has 2 heterocycles. The molecule has 0 aliphatic carbocycles. The molecule has 1 unspecified atom stereocenters. The van der Waals surface area contributed by atoms with Gasteiger partial charge in [0, 0.05) is 48.0 Å². The predicted molar refractivity (Wildman–Crippen MR) is 107 cm³/mol. The zero-order chi connectivity index (χ0) is 22.3. The second kappa shape index (κ2) is 10.6. The Hall–Kier alpha value is -2.41. The SMILES string of the molecule is C=C(CSC1=C(N)CCN(c2nc(C(C)COCC(F)(F)F)no2)C1)NC(=O)NC. The fourth-order valence-electron chi connectivity index (χ4n) is 2.46. The smallest absolute Gasteiger partial charge is 0.401 e. The molecule has 0 saturated heterocycles. The Morgan fingerprint density at radius 3 is 2.90 bits per heavy atom. The number of anilines is 1. The van der Waals surface area contributed by atoms with Crippen molar-refractivity contribution in [3.63, 3.8) is 0 Å². The Morgan fingerprint density at radius 2 is 2.23 bits per heavy atom. The Morgan fingerprint density at radius 1 is 1.50 bits per heavy atom. The van der Waals surface area contributed by atoms with Gasteiger partial charge >= 0.3 is 18.2 Å². The van der Waals surface area contributed by atoms with Gasteiger partial charge in [0.1, 0.15) is 6.61 Å². The third-order valence-electron chi connectivity index (χ3n) is 4.06. The number of carbonyl (C=O) groups is 1. The lowest BCUT2D eigenvalue weighted by atomic mass is 10.2. The number of thioether (sulfide) groups is 1. The summed E-state index contributed by atoms with van der Waals surface area (Å²) >= 11 is 1.45. The number of carbonyl (C=O) groups excluding carboxylic acids is 1. The van der Waals surface area contributed by atoms with Crippen molar-refractivity contribution < 1.29 is 27.2 Å². The topological polar surface area (TPSA) is 119 Å². The lowest BCUT2D eigenvalue weighted by Gasteiger charge is -2.27. The normalized spacial score (nSPS) is 15.8. The maximum Gasteiger partial charge on any atom is 0.411 e. The minimum absolute atomic E-state index is 0.174. The number of nitrogens with one attached hydrogen (secondary N) is 2. The monoisotopic (exact) mass is 450 g/mol. The standard InChI is InChI=1S/C17H25F3N6O3S/c1-10(7-28-9-17(18,19)20)14-24-16(29-25-14)26-5-4-12(21)13(6-26)30-8-11(2)23-15(27)22-3/h10H,2,4-9,21H2,1,3H3,(H2,22,23,27). The molecule has 1 aromatic heterocycles. The maximum atomic E-state index is 12.2. The van der Waals surface area contributed by atoms with E-state index in [0.717, 1.165) is 10.6 Å². The van der Waals surface area contributed by atoms with Crippen molar-refractivity contribution in [1.29, 1.82) is 0 Å². The van der Waals surface area contributed by atoms with Crippen LogP contribution in [0, 0.1) is 0 Å². The number of hydrogen-bond donors (Lipinski definition) is 3. The fraction of sp³-hybridized carbons (Fsp3) is 0.588. The fourth-order valence-corrected chi connectivity index (χ4v) is 3.42. The first-order chi connectivity index (χ1) is 14.1. The molecule has 0 radical (unpaired) electrons. The van der Waals surface area contributed by atoms with Crippen LogP contribution < -0.4 is 21.3 Å². The van der Waals surface area contributed by atoms with Crippen molar-refractivity contribution >= 4 is 23.8 Å². The molecule has 1 aromatic rings. The molecule has 1 aliphatic rings. The van der Waals surface area contributed by atoms with Crippen LogP contribution in [-0.4, -0.2) is 61.5 Å². The highest BCUT2D eigenvalue weighted by molar-refractivity contribution is 8.03. The summed E-state index contributed by atoms with van der Waals surface area (Å²) in [5.74, 6) is 0.259. The average molecular weight is 450 g/mol.